The highest BCUT2D eigenvalue weighted by Crippen LogP contribution is 2.34. The average Bonchev–Trinajstić information content (AvgIpc) is 3.56. The molecule has 1 aliphatic heterocycles. The number of hydrogen-bond acceptors (Lipinski definition) is 11. The summed E-state index contributed by atoms with van der Waals surface area (Å²) in [5.41, 5.74) is 5.64. The molecule has 2 aliphatic rings. The number of hydrogen-bond donors (Lipinski definition) is 4. The Balaban J connectivity index is 2.21. The van der Waals surface area contributed by atoms with Crippen molar-refractivity contribution in [1.82, 2.24) is 10.6 Å². The minimum atomic E-state index is -1.03. The van der Waals surface area contributed by atoms with Gasteiger partial charge in [-0.05, 0) is 50.3 Å². The Bertz CT molecular complexity index is 1500. The van der Waals surface area contributed by atoms with Gasteiger partial charge in [-0.3, -0.25) is 14.4 Å². The molecule has 0 saturated heterocycles. The molecule has 1 aliphatic carbocycles. The summed E-state index contributed by atoms with van der Waals surface area (Å²) < 4.78 is 22.1. The van der Waals surface area contributed by atoms with Crippen LogP contribution in [0.25, 0.3) is 5.57 Å². The van der Waals surface area contributed by atoms with Gasteiger partial charge in [-0.15, -0.1) is 0 Å². The summed E-state index contributed by atoms with van der Waals surface area (Å²) in [5, 5.41) is 16.7. The summed E-state index contributed by atoms with van der Waals surface area (Å²) in [6.07, 6.45) is 3.94. The third kappa shape index (κ3) is 9.03. The van der Waals surface area contributed by atoms with Gasteiger partial charge in [0.25, 0.3) is 5.91 Å². The highest BCUT2D eigenvalue weighted by molar-refractivity contribution is 6.39. The summed E-state index contributed by atoms with van der Waals surface area (Å²) in [6.45, 7) is 6.59. The molecule has 0 radical (unpaired) electrons. The second-order valence-electron chi connectivity index (χ2n) is 11.6. The Hall–Kier alpha value is -4.59. The zero-order chi connectivity index (χ0) is 34.8. The van der Waals surface area contributed by atoms with Gasteiger partial charge in [0.05, 0.1) is 36.3 Å². The van der Waals surface area contributed by atoms with Gasteiger partial charge in [0.15, 0.2) is 6.10 Å². The van der Waals surface area contributed by atoms with Crippen LogP contribution in [-0.2, 0) is 33.4 Å². The van der Waals surface area contributed by atoms with Gasteiger partial charge in [0.2, 0.25) is 11.6 Å². The van der Waals surface area contributed by atoms with E-state index in [1.807, 2.05) is 6.92 Å². The lowest BCUT2D eigenvalue weighted by atomic mass is 9.82. The Labute approximate surface area is 273 Å². The standard InChI is InChI=1S/C34H43N3O10/c1-18-15-22-27(36-12-13-38)31(41)26(23-11-8-14-46-23)28(30(22)40)37-33(42)19(2)9-7-10-24(44-5)32(47-34(35)43)21(4)17-20(3)29(39)25(16-18)45-6/h7-11,13-14,17-18,20,24-25,29,32,36,39H,12,15-16H2,1-6H3,(H2,35,43)(H,37,42)/b10-7-,19-9+,21-17+/t18-,20+,24+,25+,29-,32+/m1/s1. The number of nitrogens with one attached hydrogen (secondary N) is 2. The topological polar surface area (TPSA) is 196 Å². The van der Waals surface area contributed by atoms with Crippen LogP contribution in [0.5, 0.6) is 0 Å². The highest BCUT2D eigenvalue weighted by Gasteiger charge is 2.38. The smallest absolute Gasteiger partial charge is 0.405 e. The number of aliphatic hydroxyl groups is 1. The third-order valence-electron chi connectivity index (χ3n) is 8.08. The molecule has 1 aromatic rings. The van der Waals surface area contributed by atoms with Crippen LogP contribution >= 0.6 is 0 Å². The lowest BCUT2D eigenvalue weighted by Crippen LogP contribution is -2.39. The van der Waals surface area contributed by atoms with Crippen LogP contribution in [0.3, 0.4) is 0 Å². The minimum Gasteiger partial charge on any atom is -0.464 e. The first-order chi connectivity index (χ1) is 22.3. The maximum atomic E-state index is 14.2. The number of furan rings is 1. The molecule has 47 heavy (non-hydrogen) atoms. The van der Waals surface area contributed by atoms with Crippen LogP contribution in [-0.4, -0.2) is 80.1 Å². The van der Waals surface area contributed by atoms with Crippen LogP contribution in [0, 0.1) is 11.8 Å². The molecule has 0 unspecified atom stereocenters. The first-order valence-corrected chi connectivity index (χ1v) is 15.2. The largest absolute Gasteiger partial charge is 0.464 e. The van der Waals surface area contributed by atoms with Crippen LogP contribution in [0.4, 0.5) is 4.79 Å². The molecule has 0 aromatic carbocycles. The van der Waals surface area contributed by atoms with Crippen molar-refractivity contribution in [3.05, 3.63) is 76.6 Å². The summed E-state index contributed by atoms with van der Waals surface area (Å²) in [6, 6.07) is 3.03. The molecule has 3 rings (SSSR count). The Morgan fingerprint density at radius 3 is 2.49 bits per heavy atom. The number of aliphatic hydroxyl groups excluding tert-OH is 1. The molecule has 2 bridgehead atoms. The fourth-order valence-electron chi connectivity index (χ4n) is 5.65. The molecule has 2 heterocycles. The number of Topliss-reactive ketones (excluding diaryl/α,β-unsaturated/α-hetero) is 2. The SMILES string of the molecule is CO[C@H]1/C=C\C=C(/C)C(=O)NC2=C(c3ccco3)C(=O)C(NCC=O)=C(C[C@@H](C)C[C@H](OC)[C@H](O)[C@@H](C)/C=C(\C)[C@@H]1OC(N)=O)C2=O. The zero-order valence-corrected chi connectivity index (χ0v) is 27.4. The van der Waals surface area contributed by atoms with Crippen molar-refractivity contribution in [2.24, 2.45) is 17.6 Å². The van der Waals surface area contributed by atoms with Gasteiger partial charge in [-0.1, -0.05) is 38.2 Å². The van der Waals surface area contributed by atoms with E-state index in [2.05, 4.69) is 10.6 Å². The van der Waals surface area contributed by atoms with Gasteiger partial charge >= 0.3 is 6.09 Å². The number of rotatable bonds is 7. The van der Waals surface area contributed by atoms with Gasteiger partial charge < -0.3 is 44.9 Å². The number of primary amides is 1. The minimum absolute atomic E-state index is 0.0496. The van der Waals surface area contributed by atoms with Crippen molar-refractivity contribution in [2.75, 3.05) is 20.8 Å². The number of methoxy groups -OCH3 is 2. The van der Waals surface area contributed by atoms with Crippen LogP contribution in [0.1, 0.15) is 46.3 Å². The zero-order valence-electron chi connectivity index (χ0n) is 27.4. The van der Waals surface area contributed by atoms with E-state index in [0.717, 1.165) is 0 Å². The molecule has 254 valence electrons. The van der Waals surface area contributed by atoms with E-state index in [1.165, 1.54) is 51.7 Å². The summed E-state index contributed by atoms with van der Waals surface area (Å²) in [5.74, 6) is -2.70. The van der Waals surface area contributed by atoms with Gasteiger partial charge in [0.1, 0.15) is 23.8 Å². The Morgan fingerprint density at radius 1 is 1.17 bits per heavy atom. The second-order valence-corrected chi connectivity index (χ2v) is 11.6. The molecule has 13 heteroatoms. The lowest BCUT2D eigenvalue weighted by molar-refractivity contribution is -0.120. The molecule has 0 fully saturated rings. The molecule has 6 atom stereocenters. The van der Waals surface area contributed by atoms with Gasteiger partial charge in [-0.2, -0.15) is 0 Å². The fraction of sp³-hybridized carbons (Fsp3) is 0.441. The average molecular weight is 654 g/mol. The molecular formula is C34H43N3O10. The van der Waals surface area contributed by atoms with Crippen LogP contribution in [0.2, 0.25) is 0 Å². The summed E-state index contributed by atoms with van der Waals surface area (Å²) in [7, 11) is 2.87. The molecule has 5 N–H and O–H groups in total. The maximum Gasteiger partial charge on any atom is 0.405 e. The van der Waals surface area contributed by atoms with E-state index in [1.54, 1.807) is 26.0 Å². The number of amides is 2. The number of carbonyl (C=O) groups excluding carboxylic acids is 5. The number of ketones is 2. The number of carbonyl (C=O) groups is 5. The van der Waals surface area contributed by atoms with Crippen molar-refractivity contribution in [2.45, 2.75) is 65.0 Å². The summed E-state index contributed by atoms with van der Waals surface area (Å²) >= 11 is 0. The molecule has 13 nitrogen and oxygen atoms in total. The fourth-order valence-corrected chi connectivity index (χ4v) is 5.65. The molecule has 0 saturated carbocycles. The van der Waals surface area contributed by atoms with Crippen molar-refractivity contribution in [3.8, 4) is 0 Å². The molecular weight excluding hydrogens is 610 g/mol. The van der Waals surface area contributed by atoms with Crippen molar-refractivity contribution in [3.63, 3.8) is 0 Å². The second kappa shape index (κ2) is 16.8. The van der Waals surface area contributed by atoms with Crippen molar-refractivity contribution < 1.29 is 47.7 Å². The number of aldehydes is 1. The van der Waals surface area contributed by atoms with Crippen molar-refractivity contribution >= 4 is 35.4 Å². The van der Waals surface area contributed by atoms with Crippen LogP contribution < -0.4 is 16.4 Å². The predicted octanol–water partition coefficient (Wildman–Crippen LogP) is 2.67. The van der Waals surface area contributed by atoms with E-state index < -0.39 is 53.9 Å². The van der Waals surface area contributed by atoms with Gasteiger partial charge in [-0.25, -0.2) is 4.79 Å². The quantitative estimate of drug-likeness (QED) is 0.192. The van der Waals surface area contributed by atoms with Crippen molar-refractivity contribution in [1.29, 1.82) is 0 Å². The number of ether oxygens (including phenoxy) is 3. The van der Waals surface area contributed by atoms with E-state index in [-0.39, 0.29) is 59.2 Å². The number of nitrogens with two attached hydrogens (primary N) is 1. The normalized spacial score (nSPS) is 29.7. The van der Waals surface area contributed by atoms with E-state index in [9.17, 15) is 29.1 Å². The lowest BCUT2D eigenvalue weighted by Gasteiger charge is -2.30. The monoisotopic (exact) mass is 653 g/mol. The van der Waals surface area contributed by atoms with E-state index in [4.69, 9.17) is 24.4 Å². The number of allylic oxidation sites excluding steroid dienone is 4. The molecule has 2 amide bonds. The van der Waals surface area contributed by atoms with Crippen LogP contribution in [0.15, 0.2) is 75.2 Å². The Morgan fingerprint density at radius 2 is 1.89 bits per heavy atom. The maximum absolute atomic E-state index is 14.2. The van der Waals surface area contributed by atoms with E-state index >= 15 is 0 Å². The first kappa shape index (κ1) is 36.9. The summed E-state index contributed by atoms with van der Waals surface area (Å²) in [4.78, 5) is 64.6. The van der Waals surface area contributed by atoms with Gasteiger partial charge in [0, 0.05) is 31.3 Å². The molecule has 1 aromatic heterocycles. The third-order valence-corrected chi connectivity index (χ3v) is 8.08. The Kier molecular flexibility index (Phi) is 13.2. The van der Waals surface area contributed by atoms with E-state index in [0.29, 0.717) is 11.9 Å². The number of fused-ring (bicyclic) bond motifs is 2. The molecule has 0 spiro atoms. The predicted molar refractivity (Wildman–Crippen MR) is 171 cm³/mol. The highest BCUT2D eigenvalue weighted by atomic mass is 16.6. The first-order valence-electron chi connectivity index (χ1n) is 15.2.